The van der Waals surface area contributed by atoms with Crippen LogP contribution in [0.5, 0.6) is 0 Å². The lowest BCUT2D eigenvalue weighted by molar-refractivity contribution is 0.371. The molecule has 1 aliphatic rings. The second-order valence-electron chi connectivity index (χ2n) is 6.12. The molecule has 0 aliphatic heterocycles. The monoisotopic (exact) mass is 316 g/mol. The van der Waals surface area contributed by atoms with Crippen LogP contribution in [0, 0.1) is 0 Å². The zero-order chi connectivity index (χ0) is 15.4. The van der Waals surface area contributed by atoms with E-state index in [2.05, 4.69) is 57.4 Å². The van der Waals surface area contributed by atoms with Crippen LogP contribution in [0.1, 0.15) is 37.4 Å². The van der Waals surface area contributed by atoms with E-state index in [1.54, 1.807) is 12.1 Å². The van der Waals surface area contributed by atoms with Crippen molar-refractivity contribution >= 4 is 12.1 Å². The zero-order valence-corrected chi connectivity index (χ0v) is 14.1. The molecular weight excluding hydrogens is 292 g/mol. The molecule has 0 atom stereocenters. The molecule has 1 aromatic heterocycles. The highest BCUT2D eigenvalue weighted by Crippen LogP contribution is 2.33. The van der Waals surface area contributed by atoms with Crippen LogP contribution in [-0.2, 0) is 0 Å². The Balaban J connectivity index is 1.57. The predicted octanol–water partition coefficient (Wildman–Crippen LogP) is 3.82. The van der Waals surface area contributed by atoms with E-state index in [0.29, 0.717) is 12.0 Å². The zero-order valence-electron chi connectivity index (χ0n) is 13.2. The van der Waals surface area contributed by atoms with Crippen LogP contribution in [0.4, 0.5) is 0 Å². The Kier molecular flexibility index (Phi) is 5.18. The van der Waals surface area contributed by atoms with E-state index in [0.717, 1.165) is 11.5 Å². The summed E-state index contributed by atoms with van der Waals surface area (Å²) in [5, 5.41) is 0. The number of H-pyrrole nitrogens is 1. The van der Waals surface area contributed by atoms with Crippen molar-refractivity contribution in [1.29, 1.82) is 0 Å². The molecule has 22 heavy (non-hydrogen) atoms. The molecule has 1 aromatic carbocycles. The molecule has 0 saturated heterocycles. The number of hydrogen-bond donors (Lipinski definition) is 2. The molecule has 0 radical (unpaired) electrons. The minimum Gasteiger partial charge on any atom is -0.342 e. The molecule has 1 aliphatic carbocycles. The molecule has 0 bridgehead atoms. The number of aromatic amines is 1. The lowest BCUT2D eigenvalue weighted by atomic mass is 9.86. The largest absolute Gasteiger partial charge is 0.342 e. The fourth-order valence-electron chi connectivity index (χ4n) is 2.97. The first-order valence-corrected chi connectivity index (χ1v) is 8.70. The van der Waals surface area contributed by atoms with Crippen molar-refractivity contribution in [2.45, 2.75) is 37.6 Å². The maximum Gasteiger partial charge on any atom is 0.109 e. The van der Waals surface area contributed by atoms with E-state index in [4.69, 9.17) is 0 Å². The summed E-state index contributed by atoms with van der Waals surface area (Å²) in [6.07, 6.45) is 6.80. The van der Waals surface area contributed by atoms with Gasteiger partial charge in [-0.1, -0.05) is 30.3 Å². The Morgan fingerprint density at radius 2 is 1.86 bits per heavy atom. The van der Waals surface area contributed by atoms with Crippen LogP contribution < -0.4 is 4.72 Å². The minimum absolute atomic E-state index is 0.569. The Bertz CT molecular complexity index is 573. The fraction of sp³-hybridized carbons (Fsp3) is 0.471. The van der Waals surface area contributed by atoms with Crippen LogP contribution in [-0.4, -0.2) is 34.4 Å². The van der Waals surface area contributed by atoms with E-state index < -0.39 is 0 Å². The fourth-order valence-corrected chi connectivity index (χ4v) is 3.57. The molecule has 1 heterocycles. The molecule has 0 unspecified atom stereocenters. The molecule has 3 rings (SSSR count). The molecule has 1 fully saturated rings. The van der Waals surface area contributed by atoms with Gasteiger partial charge in [0, 0.05) is 24.1 Å². The van der Waals surface area contributed by atoms with Crippen molar-refractivity contribution in [1.82, 2.24) is 19.0 Å². The third-order valence-electron chi connectivity index (χ3n) is 4.20. The van der Waals surface area contributed by atoms with Crippen LogP contribution in [0.3, 0.4) is 0 Å². The molecule has 2 aromatic rings. The van der Waals surface area contributed by atoms with Gasteiger partial charge < -0.3 is 4.98 Å². The van der Waals surface area contributed by atoms with Gasteiger partial charge in [0.25, 0.3) is 0 Å². The quantitative estimate of drug-likeness (QED) is 0.823. The highest BCUT2D eigenvalue weighted by molar-refractivity contribution is 7.95. The SMILES string of the molecule is CN(C)SNC1CCC(c2ncc(-c3ccccc3)[nH]2)CC1. The van der Waals surface area contributed by atoms with Crippen LogP contribution in [0.25, 0.3) is 11.3 Å². The standard InChI is InChI=1S/C17H24N4S/c1-21(2)22-20-15-10-8-14(9-11-15)17-18-12-16(19-17)13-6-4-3-5-7-13/h3-7,12,14-15,20H,8-11H2,1-2H3,(H,18,19). The van der Waals surface area contributed by atoms with E-state index in [9.17, 15) is 0 Å². The summed E-state index contributed by atoms with van der Waals surface area (Å²) in [6.45, 7) is 0. The maximum atomic E-state index is 4.63. The summed E-state index contributed by atoms with van der Waals surface area (Å²) >= 11 is 1.70. The number of nitrogens with zero attached hydrogens (tertiary/aromatic N) is 2. The summed E-state index contributed by atoms with van der Waals surface area (Å²) in [5.41, 5.74) is 2.33. The second-order valence-corrected chi connectivity index (χ2v) is 7.27. The van der Waals surface area contributed by atoms with Gasteiger partial charge in [0.2, 0.25) is 0 Å². The summed E-state index contributed by atoms with van der Waals surface area (Å²) in [7, 11) is 4.13. The summed E-state index contributed by atoms with van der Waals surface area (Å²) in [5.74, 6) is 1.72. The summed E-state index contributed by atoms with van der Waals surface area (Å²) in [6, 6.07) is 11.0. The van der Waals surface area contributed by atoms with Crippen LogP contribution in [0.2, 0.25) is 0 Å². The molecule has 4 nitrogen and oxygen atoms in total. The highest BCUT2D eigenvalue weighted by atomic mass is 32.2. The van der Waals surface area contributed by atoms with E-state index in [-0.39, 0.29) is 0 Å². The summed E-state index contributed by atoms with van der Waals surface area (Å²) < 4.78 is 5.64. The highest BCUT2D eigenvalue weighted by Gasteiger charge is 2.24. The van der Waals surface area contributed by atoms with Crippen LogP contribution in [0.15, 0.2) is 36.5 Å². The number of rotatable bonds is 5. The maximum absolute atomic E-state index is 4.63. The third kappa shape index (κ3) is 3.91. The third-order valence-corrected chi connectivity index (χ3v) is 5.00. The molecule has 118 valence electrons. The van der Waals surface area contributed by atoms with Gasteiger partial charge in [-0.25, -0.2) is 14.0 Å². The van der Waals surface area contributed by atoms with Crippen molar-refractivity contribution in [3.05, 3.63) is 42.4 Å². The molecule has 2 N–H and O–H groups in total. The average Bonchev–Trinajstić information content (AvgIpc) is 3.04. The first-order valence-electron chi connectivity index (χ1n) is 7.92. The van der Waals surface area contributed by atoms with Crippen molar-refractivity contribution in [3.63, 3.8) is 0 Å². The number of benzene rings is 1. The minimum atomic E-state index is 0.569. The number of nitrogens with one attached hydrogen (secondary N) is 2. The smallest absolute Gasteiger partial charge is 0.109 e. The second kappa shape index (κ2) is 7.31. The van der Waals surface area contributed by atoms with E-state index in [1.165, 1.54) is 31.2 Å². The van der Waals surface area contributed by atoms with Gasteiger partial charge in [-0.2, -0.15) is 0 Å². The van der Waals surface area contributed by atoms with Gasteiger partial charge in [-0.15, -0.1) is 0 Å². The lowest BCUT2D eigenvalue weighted by Gasteiger charge is -2.28. The van der Waals surface area contributed by atoms with E-state index in [1.807, 2.05) is 12.3 Å². The molecule has 5 heteroatoms. The first kappa shape index (κ1) is 15.6. The topological polar surface area (TPSA) is 44.0 Å². The molecule has 0 spiro atoms. The van der Waals surface area contributed by atoms with Gasteiger partial charge in [0.15, 0.2) is 0 Å². The first-order chi connectivity index (χ1) is 10.7. The summed E-state index contributed by atoms with van der Waals surface area (Å²) in [4.78, 5) is 8.15. The molecule has 1 saturated carbocycles. The van der Waals surface area contributed by atoms with E-state index >= 15 is 0 Å². The molecule has 0 amide bonds. The van der Waals surface area contributed by atoms with Gasteiger partial charge in [-0.3, -0.25) is 0 Å². The van der Waals surface area contributed by atoms with Crippen molar-refractivity contribution < 1.29 is 0 Å². The van der Waals surface area contributed by atoms with Gasteiger partial charge in [0.1, 0.15) is 5.82 Å². The number of hydrogen-bond acceptors (Lipinski definition) is 4. The van der Waals surface area contributed by atoms with Gasteiger partial charge in [0.05, 0.1) is 11.9 Å². The average molecular weight is 316 g/mol. The van der Waals surface area contributed by atoms with Gasteiger partial charge >= 0.3 is 0 Å². The van der Waals surface area contributed by atoms with Crippen molar-refractivity contribution in [2.75, 3.05) is 14.1 Å². The molecular formula is C17H24N4S. The van der Waals surface area contributed by atoms with Crippen molar-refractivity contribution in [2.24, 2.45) is 0 Å². The van der Waals surface area contributed by atoms with Crippen molar-refractivity contribution in [3.8, 4) is 11.3 Å². The predicted molar refractivity (Wildman–Crippen MR) is 93.4 cm³/mol. The normalized spacial score (nSPS) is 22.1. The number of imidazole rings is 1. The Labute approximate surface area is 137 Å². The number of aromatic nitrogens is 2. The van der Waals surface area contributed by atoms with Crippen LogP contribution >= 0.6 is 12.1 Å². The Morgan fingerprint density at radius 1 is 1.14 bits per heavy atom. The Morgan fingerprint density at radius 3 is 2.55 bits per heavy atom. The lowest BCUT2D eigenvalue weighted by Crippen LogP contribution is -2.30. The van der Waals surface area contributed by atoms with Gasteiger partial charge in [-0.05, 0) is 45.3 Å². The Hall–Kier alpha value is -1.30.